The van der Waals surface area contributed by atoms with Crippen LogP contribution in [0, 0.1) is 13.8 Å². The highest BCUT2D eigenvalue weighted by atomic mass is 32.2. The van der Waals surface area contributed by atoms with Gasteiger partial charge in [0.25, 0.3) is 0 Å². The van der Waals surface area contributed by atoms with Crippen LogP contribution in [0.4, 0.5) is 0 Å². The predicted octanol–water partition coefficient (Wildman–Crippen LogP) is 3.04. The minimum atomic E-state index is -3.31. The van der Waals surface area contributed by atoms with Crippen LogP contribution in [-0.4, -0.2) is 34.0 Å². The molecule has 0 fully saturated rings. The Morgan fingerprint density at radius 1 is 0.933 bits per heavy atom. The van der Waals surface area contributed by atoms with E-state index in [2.05, 4.69) is 52.4 Å². The molecule has 0 heterocycles. The van der Waals surface area contributed by atoms with Gasteiger partial charge in [-0.15, -0.1) is 0 Å². The SMILES string of the molecule is CN=C(NCCc1cc(C)cc(C)c1)NCc1ccc(CS(=O)(=O)NC(C)C)cc1. The molecule has 0 unspecified atom stereocenters. The lowest BCUT2D eigenvalue weighted by Crippen LogP contribution is -2.37. The molecule has 0 aliphatic rings. The highest BCUT2D eigenvalue weighted by molar-refractivity contribution is 7.88. The van der Waals surface area contributed by atoms with Gasteiger partial charge >= 0.3 is 0 Å². The number of benzene rings is 2. The van der Waals surface area contributed by atoms with Gasteiger partial charge in [-0.25, -0.2) is 13.1 Å². The van der Waals surface area contributed by atoms with Crippen molar-refractivity contribution >= 4 is 16.0 Å². The largest absolute Gasteiger partial charge is 0.356 e. The normalized spacial score (nSPS) is 12.3. The summed E-state index contributed by atoms with van der Waals surface area (Å²) in [6.45, 7) is 9.27. The van der Waals surface area contributed by atoms with Gasteiger partial charge in [-0.1, -0.05) is 53.6 Å². The Labute approximate surface area is 181 Å². The molecule has 0 radical (unpaired) electrons. The monoisotopic (exact) mass is 430 g/mol. The fourth-order valence-corrected chi connectivity index (χ4v) is 4.75. The molecule has 2 aromatic carbocycles. The average molecular weight is 431 g/mol. The zero-order valence-corrected chi connectivity index (χ0v) is 19.4. The van der Waals surface area contributed by atoms with Gasteiger partial charge in [-0.2, -0.15) is 0 Å². The van der Waals surface area contributed by atoms with Gasteiger partial charge in [0.15, 0.2) is 5.96 Å². The summed E-state index contributed by atoms with van der Waals surface area (Å²) in [5, 5.41) is 6.64. The van der Waals surface area contributed by atoms with E-state index >= 15 is 0 Å². The second kappa shape index (κ2) is 11.1. The third kappa shape index (κ3) is 8.55. The number of sulfonamides is 1. The van der Waals surface area contributed by atoms with E-state index in [1.165, 1.54) is 16.7 Å². The molecule has 0 aliphatic carbocycles. The molecule has 164 valence electrons. The summed E-state index contributed by atoms with van der Waals surface area (Å²) in [6, 6.07) is 14.1. The molecule has 30 heavy (non-hydrogen) atoms. The average Bonchev–Trinajstić information content (AvgIpc) is 2.63. The number of guanidine groups is 1. The Morgan fingerprint density at radius 2 is 1.53 bits per heavy atom. The third-order valence-electron chi connectivity index (χ3n) is 4.47. The topological polar surface area (TPSA) is 82.6 Å². The zero-order chi connectivity index (χ0) is 22.1. The molecular weight excluding hydrogens is 396 g/mol. The van der Waals surface area contributed by atoms with Crippen molar-refractivity contribution in [2.24, 2.45) is 4.99 Å². The lowest BCUT2D eigenvalue weighted by Gasteiger charge is -2.13. The maximum atomic E-state index is 12.0. The van der Waals surface area contributed by atoms with Crippen molar-refractivity contribution in [2.75, 3.05) is 13.6 Å². The summed E-state index contributed by atoms with van der Waals surface area (Å²) >= 11 is 0. The molecule has 3 N–H and O–H groups in total. The van der Waals surface area contributed by atoms with Gasteiger partial charge in [0, 0.05) is 26.2 Å². The van der Waals surface area contributed by atoms with Crippen LogP contribution in [0.3, 0.4) is 0 Å². The lowest BCUT2D eigenvalue weighted by atomic mass is 10.1. The molecule has 0 aromatic heterocycles. The van der Waals surface area contributed by atoms with E-state index in [1.807, 2.05) is 38.1 Å². The Bertz CT molecular complexity index is 931. The quantitative estimate of drug-likeness (QED) is 0.422. The summed E-state index contributed by atoms with van der Waals surface area (Å²) in [4.78, 5) is 4.27. The molecule has 0 saturated heterocycles. The van der Waals surface area contributed by atoms with Crippen LogP contribution in [0.15, 0.2) is 47.5 Å². The van der Waals surface area contributed by atoms with Gasteiger partial charge in [-0.3, -0.25) is 4.99 Å². The van der Waals surface area contributed by atoms with Crippen molar-refractivity contribution in [1.29, 1.82) is 0 Å². The van der Waals surface area contributed by atoms with Crippen LogP contribution in [0.25, 0.3) is 0 Å². The molecule has 7 heteroatoms. The smallest absolute Gasteiger partial charge is 0.216 e. The first-order valence-electron chi connectivity index (χ1n) is 10.3. The van der Waals surface area contributed by atoms with Crippen LogP contribution in [0.1, 0.15) is 41.7 Å². The van der Waals surface area contributed by atoms with Crippen molar-refractivity contribution in [1.82, 2.24) is 15.4 Å². The maximum Gasteiger partial charge on any atom is 0.216 e. The van der Waals surface area contributed by atoms with Crippen molar-refractivity contribution in [2.45, 2.75) is 52.5 Å². The lowest BCUT2D eigenvalue weighted by molar-refractivity contribution is 0.569. The van der Waals surface area contributed by atoms with Crippen LogP contribution < -0.4 is 15.4 Å². The minimum absolute atomic E-state index is 0.0133. The third-order valence-corrected chi connectivity index (χ3v) is 6.01. The van der Waals surface area contributed by atoms with E-state index < -0.39 is 10.0 Å². The number of hydrogen-bond acceptors (Lipinski definition) is 3. The second-order valence-electron chi connectivity index (χ2n) is 7.95. The van der Waals surface area contributed by atoms with Crippen molar-refractivity contribution in [3.05, 3.63) is 70.3 Å². The first-order valence-corrected chi connectivity index (χ1v) is 11.9. The standard InChI is InChI=1S/C23H34N4O2S/c1-17(2)27-30(28,29)16-21-8-6-20(7-9-21)15-26-23(24-5)25-11-10-22-13-18(3)12-19(4)14-22/h6-9,12-14,17,27H,10-11,15-16H2,1-5H3,(H2,24,25,26). The molecule has 0 atom stereocenters. The van der Waals surface area contributed by atoms with Crippen molar-refractivity contribution in [3.63, 3.8) is 0 Å². The van der Waals surface area contributed by atoms with Crippen LogP contribution in [-0.2, 0) is 28.7 Å². The highest BCUT2D eigenvalue weighted by Gasteiger charge is 2.12. The molecule has 2 rings (SSSR count). The molecule has 2 aromatic rings. The van der Waals surface area contributed by atoms with Crippen molar-refractivity contribution < 1.29 is 8.42 Å². The zero-order valence-electron chi connectivity index (χ0n) is 18.6. The predicted molar refractivity (Wildman–Crippen MR) is 125 cm³/mol. The Hall–Kier alpha value is -2.38. The summed E-state index contributed by atoms with van der Waals surface area (Å²) in [5.74, 6) is 0.729. The fourth-order valence-electron chi connectivity index (χ4n) is 3.32. The molecule has 0 spiro atoms. The van der Waals surface area contributed by atoms with E-state index in [9.17, 15) is 8.42 Å². The van der Waals surface area contributed by atoms with Gasteiger partial charge in [0.05, 0.1) is 5.75 Å². The van der Waals surface area contributed by atoms with Gasteiger partial charge in [0.2, 0.25) is 10.0 Å². The first kappa shape index (κ1) is 23.9. The maximum absolute atomic E-state index is 12.0. The van der Waals surface area contributed by atoms with Crippen LogP contribution in [0.2, 0.25) is 0 Å². The summed E-state index contributed by atoms with van der Waals surface area (Å²) < 4.78 is 26.7. The number of nitrogens with one attached hydrogen (secondary N) is 3. The van der Waals surface area contributed by atoms with Crippen molar-refractivity contribution in [3.8, 4) is 0 Å². The van der Waals surface area contributed by atoms with E-state index in [-0.39, 0.29) is 11.8 Å². The molecule has 0 amide bonds. The molecule has 0 bridgehead atoms. The molecule has 0 saturated carbocycles. The van der Waals surface area contributed by atoms with Gasteiger partial charge in [-0.05, 0) is 50.8 Å². The fraction of sp³-hybridized carbons (Fsp3) is 0.435. The Kier molecular flexibility index (Phi) is 8.87. The van der Waals surface area contributed by atoms with Crippen LogP contribution >= 0.6 is 0 Å². The van der Waals surface area contributed by atoms with Crippen LogP contribution in [0.5, 0.6) is 0 Å². The number of nitrogens with zero attached hydrogens (tertiary/aromatic N) is 1. The molecule has 6 nitrogen and oxygen atoms in total. The number of aliphatic imine (C=N–C) groups is 1. The number of hydrogen-bond donors (Lipinski definition) is 3. The second-order valence-corrected chi connectivity index (χ2v) is 9.70. The molecular formula is C23H34N4O2S. The number of aryl methyl sites for hydroxylation is 2. The molecule has 0 aliphatic heterocycles. The van der Waals surface area contributed by atoms with Gasteiger partial charge in [0.1, 0.15) is 0 Å². The Morgan fingerprint density at radius 3 is 2.10 bits per heavy atom. The van der Waals surface area contributed by atoms with E-state index in [4.69, 9.17) is 0 Å². The summed E-state index contributed by atoms with van der Waals surface area (Å²) in [5.41, 5.74) is 5.70. The van der Waals surface area contributed by atoms with E-state index in [0.717, 1.165) is 30.1 Å². The summed E-state index contributed by atoms with van der Waals surface area (Å²) in [7, 11) is -1.56. The van der Waals surface area contributed by atoms with Gasteiger partial charge < -0.3 is 10.6 Å². The van der Waals surface area contributed by atoms with E-state index in [0.29, 0.717) is 6.54 Å². The minimum Gasteiger partial charge on any atom is -0.356 e. The van der Waals surface area contributed by atoms with E-state index in [1.54, 1.807) is 7.05 Å². The highest BCUT2D eigenvalue weighted by Crippen LogP contribution is 2.10. The Balaban J connectivity index is 1.81. The summed E-state index contributed by atoms with van der Waals surface area (Å²) in [6.07, 6.45) is 0.927. The number of rotatable bonds is 9. The first-order chi connectivity index (χ1) is 14.2.